The van der Waals surface area contributed by atoms with Crippen LogP contribution < -0.4 is 0 Å². The van der Waals surface area contributed by atoms with E-state index in [4.69, 9.17) is 9.47 Å². The molecule has 4 bridgehead atoms. The van der Waals surface area contributed by atoms with E-state index in [1.165, 1.54) is 26.9 Å². The quantitative estimate of drug-likeness (QED) is 0.725. The van der Waals surface area contributed by atoms with Crippen molar-refractivity contribution < 1.29 is 23.8 Å². The molecular formula is C16H24O5. The summed E-state index contributed by atoms with van der Waals surface area (Å²) in [6.45, 7) is 2.07. The van der Waals surface area contributed by atoms with E-state index < -0.39 is 0 Å². The molecule has 0 aromatic heterocycles. The van der Waals surface area contributed by atoms with Gasteiger partial charge in [0.2, 0.25) is 0 Å². The Balaban J connectivity index is 1.64. The second-order valence-corrected chi connectivity index (χ2v) is 6.98. The minimum Gasteiger partial charge on any atom is -0.467 e. The number of methoxy groups -OCH3 is 1. The normalized spacial score (nSPS) is 40.1. The van der Waals surface area contributed by atoms with Gasteiger partial charge in [0.25, 0.3) is 0 Å². The third-order valence-electron chi connectivity index (χ3n) is 5.62. The van der Waals surface area contributed by atoms with Gasteiger partial charge in [0, 0.05) is 6.92 Å². The average Bonchev–Trinajstić information content (AvgIpc) is 2.43. The van der Waals surface area contributed by atoms with E-state index in [2.05, 4.69) is 4.74 Å². The Morgan fingerprint density at radius 1 is 1.14 bits per heavy atom. The van der Waals surface area contributed by atoms with Crippen molar-refractivity contribution in [3.8, 4) is 0 Å². The fraction of sp³-hybridized carbons (Fsp3) is 0.875. The Bertz CT molecular complexity index is 416. The topological polar surface area (TPSA) is 61.8 Å². The van der Waals surface area contributed by atoms with Gasteiger partial charge in [-0.3, -0.25) is 4.79 Å². The van der Waals surface area contributed by atoms with Crippen molar-refractivity contribution in [3.05, 3.63) is 0 Å². The van der Waals surface area contributed by atoms with Gasteiger partial charge in [-0.1, -0.05) is 0 Å². The van der Waals surface area contributed by atoms with Crippen LogP contribution in [-0.4, -0.2) is 37.9 Å². The maximum Gasteiger partial charge on any atom is 0.331 e. The zero-order valence-electron chi connectivity index (χ0n) is 12.8. The van der Waals surface area contributed by atoms with E-state index in [0.717, 1.165) is 19.3 Å². The number of esters is 2. The molecule has 4 fully saturated rings. The number of hydrogen-bond acceptors (Lipinski definition) is 5. The predicted molar refractivity (Wildman–Crippen MR) is 74.4 cm³/mol. The first-order valence-corrected chi connectivity index (χ1v) is 7.85. The van der Waals surface area contributed by atoms with Crippen LogP contribution in [0.2, 0.25) is 0 Å². The molecule has 5 heteroatoms. The maximum atomic E-state index is 11.3. The molecule has 4 aliphatic carbocycles. The van der Waals surface area contributed by atoms with Crippen molar-refractivity contribution in [1.82, 2.24) is 0 Å². The van der Waals surface area contributed by atoms with Crippen LogP contribution in [0.1, 0.15) is 39.0 Å². The summed E-state index contributed by atoms with van der Waals surface area (Å²) in [4.78, 5) is 22.4. The first-order chi connectivity index (χ1) is 10.0. The molecule has 0 radical (unpaired) electrons. The minimum atomic E-state index is -0.304. The van der Waals surface area contributed by atoms with Gasteiger partial charge in [0.1, 0.15) is 6.61 Å². The van der Waals surface area contributed by atoms with Gasteiger partial charge < -0.3 is 14.2 Å². The summed E-state index contributed by atoms with van der Waals surface area (Å²) in [6, 6.07) is 0. The van der Waals surface area contributed by atoms with Crippen LogP contribution in [0.15, 0.2) is 0 Å². The van der Waals surface area contributed by atoms with Crippen molar-refractivity contribution in [3.63, 3.8) is 0 Å². The van der Waals surface area contributed by atoms with E-state index in [9.17, 15) is 9.59 Å². The van der Waals surface area contributed by atoms with Crippen LogP contribution in [0.4, 0.5) is 0 Å². The predicted octanol–water partition coefficient (Wildman–Crippen LogP) is 1.93. The number of rotatable bonds is 5. The summed E-state index contributed by atoms with van der Waals surface area (Å²) in [5.74, 6) is 1.80. The number of hydrogen-bond donors (Lipinski definition) is 0. The van der Waals surface area contributed by atoms with E-state index in [1.54, 1.807) is 0 Å². The summed E-state index contributed by atoms with van der Waals surface area (Å²) in [5, 5.41) is 0. The van der Waals surface area contributed by atoms with Gasteiger partial charge in [-0.05, 0) is 55.8 Å². The first kappa shape index (κ1) is 14.8. The molecule has 0 aromatic carbocycles. The molecule has 0 saturated heterocycles. The number of carbonyl (C=O) groups excluding carboxylic acids is 2. The number of carbonyl (C=O) groups is 2. The lowest BCUT2D eigenvalue weighted by atomic mass is 9.50. The second-order valence-electron chi connectivity index (χ2n) is 6.98. The molecular weight excluding hydrogens is 272 g/mol. The maximum absolute atomic E-state index is 11.3. The highest BCUT2D eigenvalue weighted by Gasteiger charge is 2.56. The molecule has 5 nitrogen and oxygen atoms in total. The Hall–Kier alpha value is -1.10. The molecule has 2 unspecified atom stereocenters. The summed E-state index contributed by atoms with van der Waals surface area (Å²) in [6.07, 6.45) is 5.47. The molecule has 21 heavy (non-hydrogen) atoms. The highest BCUT2D eigenvalue weighted by Crippen LogP contribution is 2.59. The fourth-order valence-corrected chi connectivity index (χ4v) is 4.99. The monoisotopic (exact) mass is 296 g/mol. The SMILES string of the molecule is COC(=O)COC12CC3CC(C1)C(COC(C)=O)C(C3)C2. The zero-order chi connectivity index (χ0) is 15.0. The van der Waals surface area contributed by atoms with Gasteiger partial charge in [0.05, 0.1) is 19.3 Å². The highest BCUT2D eigenvalue weighted by atomic mass is 16.6. The summed E-state index contributed by atoms with van der Waals surface area (Å²) in [7, 11) is 1.39. The van der Waals surface area contributed by atoms with E-state index in [0.29, 0.717) is 30.3 Å². The molecule has 0 spiro atoms. The Labute approximate surface area is 125 Å². The molecule has 2 atom stereocenters. The van der Waals surface area contributed by atoms with Crippen molar-refractivity contribution in [2.75, 3.05) is 20.3 Å². The zero-order valence-corrected chi connectivity index (χ0v) is 12.8. The largest absolute Gasteiger partial charge is 0.467 e. The van der Waals surface area contributed by atoms with Gasteiger partial charge >= 0.3 is 11.9 Å². The molecule has 4 aliphatic rings. The lowest BCUT2D eigenvalue weighted by Crippen LogP contribution is -2.57. The van der Waals surface area contributed by atoms with E-state index in [-0.39, 0.29) is 24.1 Å². The van der Waals surface area contributed by atoms with Crippen LogP contribution in [0, 0.1) is 23.7 Å². The standard InChI is InChI=1S/C16H24O5/c1-10(17)20-8-14-12-3-11-4-13(14)7-16(5-11,6-12)21-9-15(18)19-2/h11-14H,3-9H2,1-2H3. The summed E-state index contributed by atoms with van der Waals surface area (Å²) >= 11 is 0. The van der Waals surface area contributed by atoms with Gasteiger partial charge in [-0.15, -0.1) is 0 Å². The van der Waals surface area contributed by atoms with Crippen LogP contribution in [0.5, 0.6) is 0 Å². The molecule has 0 heterocycles. The molecule has 0 aromatic rings. The molecule has 118 valence electrons. The first-order valence-electron chi connectivity index (χ1n) is 7.85. The Morgan fingerprint density at radius 2 is 1.81 bits per heavy atom. The Morgan fingerprint density at radius 3 is 2.38 bits per heavy atom. The van der Waals surface area contributed by atoms with Crippen molar-refractivity contribution in [1.29, 1.82) is 0 Å². The van der Waals surface area contributed by atoms with Gasteiger partial charge in [-0.25, -0.2) is 4.79 Å². The molecule has 0 N–H and O–H groups in total. The second kappa shape index (κ2) is 5.59. The number of ether oxygens (including phenoxy) is 3. The summed E-state index contributed by atoms with van der Waals surface area (Å²) in [5.41, 5.74) is -0.141. The highest BCUT2D eigenvalue weighted by molar-refractivity contribution is 5.70. The van der Waals surface area contributed by atoms with Gasteiger partial charge in [-0.2, -0.15) is 0 Å². The van der Waals surface area contributed by atoms with Crippen LogP contribution in [-0.2, 0) is 23.8 Å². The third kappa shape index (κ3) is 2.93. The molecule has 0 aliphatic heterocycles. The van der Waals surface area contributed by atoms with E-state index >= 15 is 0 Å². The van der Waals surface area contributed by atoms with Crippen LogP contribution in [0.25, 0.3) is 0 Å². The van der Waals surface area contributed by atoms with Gasteiger partial charge in [0.15, 0.2) is 0 Å². The smallest absolute Gasteiger partial charge is 0.331 e. The lowest BCUT2D eigenvalue weighted by Gasteiger charge is -2.59. The molecule has 4 saturated carbocycles. The van der Waals surface area contributed by atoms with Crippen LogP contribution >= 0.6 is 0 Å². The van der Waals surface area contributed by atoms with Crippen molar-refractivity contribution >= 4 is 11.9 Å². The van der Waals surface area contributed by atoms with Crippen molar-refractivity contribution in [2.24, 2.45) is 23.7 Å². The summed E-state index contributed by atoms with van der Waals surface area (Å²) < 4.78 is 15.9. The lowest BCUT2D eigenvalue weighted by molar-refractivity contribution is -0.199. The Kier molecular flexibility index (Phi) is 3.95. The molecule has 4 rings (SSSR count). The fourth-order valence-electron chi connectivity index (χ4n) is 4.99. The van der Waals surface area contributed by atoms with E-state index in [1.807, 2.05) is 0 Å². The third-order valence-corrected chi connectivity index (χ3v) is 5.62. The molecule has 0 amide bonds. The minimum absolute atomic E-state index is 0.0528. The van der Waals surface area contributed by atoms with Crippen molar-refractivity contribution in [2.45, 2.75) is 44.6 Å². The average molecular weight is 296 g/mol. The van der Waals surface area contributed by atoms with Crippen LogP contribution in [0.3, 0.4) is 0 Å².